The predicted molar refractivity (Wildman–Crippen MR) is 25.2 cm³/mol. The average molecular weight is 101 g/mol. The van der Waals surface area contributed by atoms with Gasteiger partial charge in [-0.05, 0) is 0 Å². The van der Waals surface area contributed by atoms with E-state index in [4.69, 9.17) is 5.26 Å². The lowest BCUT2D eigenvalue weighted by atomic mass is 10.5. The SMILES string of the molecule is C[15NH]OCCC#N. The molecule has 0 aliphatic rings. The Balaban J connectivity index is 2.60. The Morgan fingerprint density at radius 1 is 1.86 bits per heavy atom. The van der Waals surface area contributed by atoms with Crippen LogP contribution in [-0.2, 0) is 4.84 Å². The first-order valence-electron chi connectivity index (χ1n) is 2.07. The van der Waals surface area contributed by atoms with E-state index in [2.05, 4.69) is 10.3 Å². The van der Waals surface area contributed by atoms with Gasteiger partial charge in [-0.2, -0.15) is 5.26 Å². The van der Waals surface area contributed by atoms with Crippen molar-refractivity contribution in [2.24, 2.45) is 0 Å². The fourth-order valence-electron chi connectivity index (χ4n) is 0.199. The van der Waals surface area contributed by atoms with E-state index in [-0.39, 0.29) is 0 Å². The number of nitriles is 1. The molecule has 0 radical (unpaired) electrons. The first kappa shape index (κ1) is 6.41. The number of nitrogens with zero attached hydrogens (tertiary/aromatic N) is 1. The molecule has 40 valence electrons. The lowest BCUT2D eigenvalue weighted by Crippen LogP contribution is -2.07. The highest BCUT2D eigenvalue weighted by Crippen LogP contribution is 1.71. The molecule has 0 aromatic carbocycles. The molecule has 0 aromatic heterocycles. The Bertz CT molecular complexity index is 66.6. The van der Waals surface area contributed by atoms with Gasteiger partial charge in [-0.3, -0.25) is 0 Å². The van der Waals surface area contributed by atoms with Crippen LogP contribution in [0.4, 0.5) is 0 Å². The van der Waals surface area contributed by atoms with Crippen molar-refractivity contribution < 1.29 is 4.84 Å². The third kappa shape index (κ3) is 5.41. The van der Waals surface area contributed by atoms with Gasteiger partial charge in [0.25, 0.3) is 0 Å². The normalized spacial score (nSPS) is 8.00. The molecule has 0 aromatic rings. The Morgan fingerprint density at radius 3 is 3.00 bits per heavy atom. The number of rotatable bonds is 3. The fourth-order valence-corrected chi connectivity index (χ4v) is 0.199. The molecule has 0 saturated heterocycles. The van der Waals surface area contributed by atoms with Crippen LogP contribution in [0.3, 0.4) is 0 Å². The maximum atomic E-state index is 7.94. The Morgan fingerprint density at radius 2 is 2.57 bits per heavy atom. The van der Waals surface area contributed by atoms with E-state index < -0.39 is 0 Å². The summed E-state index contributed by atoms with van der Waals surface area (Å²) in [5.41, 5.74) is 2.45. The first-order chi connectivity index (χ1) is 3.41. The maximum Gasteiger partial charge on any atom is 0.0812 e. The van der Waals surface area contributed by atoms with Gasteiger partial charge in [-0.25, -0.2) is 5.48 Å². The van der Waals surface area contributed by atoms with Crippen molar-refractivity contribution in [3.8, 4) is 6.07 Å². The highest BCUT2D eigenvalue weighted by Gasteiger charge is 1.77. The van der Waals surface area contributed by atoms with E-state index in [1.54, 1.807) is 7.05 Å². The molecule has 0 saturated carbocycles. The topological polar surface area (TPSA) is 45.0 Å². The minimum absolute atomic E-state index is 0.445. The molecule has 0 heterocycles. The molecule has 0 fully saturated rings. The largest absolute Gasteiger partial charge is 0.301 e. The molecule has 0 unspecified atom stereocenters. The zero-order valence-corrected chi connectivity index (χ0v) is 4.27. The van der Waals surface area contributed by atoms with Crippen LogP contribution in [0.2, 0.25) is 0 Å². The van der Waals surface area contributed by atoms with Gasteiger partial charge >= 0.3 is 0 Å². The molecule has 3 nitrogen and oxygen atoms in total. The van der Waals surface area contributed by atoms with E-state index in [0.717, 1.165) is 0 Å². The van der Waals surface area contributed by atoms with Crippen LogP contribution in [0.15, 0.2) is 0 Å². The molecule has 0 aliphatic heterocycles. The smallest absolute Gasteiger partial charge is 0.0812 e. The second kappa shape index (κ2) is 5.41. The zero-order chi connectivity index (χ0) is 5.54. The number of nitrogens with one attached hydrogen (secondary N) is 1. The van der Waals surface area contributed by atoms with E-state index in [1.807, 2.05) is 6.07 Å². The third-order valence-corrected chi connectivity index (χ3v) is 0.460. The molecule has 0 aliphatic carbocycles. The van der Waals surface area contributed by atoms with Crippen LogP contribution in [0.1, 0.15) is 6.42 Å². The van der Waals surface area contributed by atoms with Gasteiger partial charge in [0.15, 0.2) is 0 Å². The average Bonchev–Trinajstić information content (AvgIpc) is 1.69. The van der Waals surface area contributed by atoms with Gasteiger partial charge < -0.3 is 4.84 Å². The molecule has 0 atom stereocenters. The van der Waals surface area contributed by atoms with Crippen LogP contribution in [0.25, 0.3) is 0 Å². The number of hydroxylamine groups is 1. The summed E-state index contributed by atoms with van der Waals surface area (Å²) in [5, 5.41) is 7.94. The van der Waals surface area contributed by atoms with Crippen molar-refractivity contribution in [2.45, 2.75) is 6.42 Å². The summed E-state index contributed by atoms with van der Waals surface area (Å²) in [4.78, 5) is 4.60. The monoisotopic (exact) mass is 101 g/mol. The summed E-state index contributed by atoms with van der Waals surface area (Å²) in [6.45, 7) is 0.465. The minimum Gasteiger partial charge on any atom is -0.301 e. The van der Waals surface area contributed by atoms with Gasteiger partial charge in [0.1, 0.15) is 0 Å². The molecule has 0 amide bonds. The van der Waals surface area contributed by atoms with Crippen LogP contribution in [0, 0.1) is 11.3 Å². The molecule has 0 spiro atoms. The van der Waals surface area contributed by atoms with Crippen LogP contribution in [0.5, 0.6) is 0 Å². The molecule has 0 bridgehead atoms. The Hall–Kier alpha value is -0.590. The second-order valence-electron chi connectivity index (χ2n) is 0.961. The zero-order valence-electron chi connectivity index (χ0n) is 4.27. The number of hydrogen-bond acceptors (Lipinski definition) is 3. The molecule has 0 rings (SSSR count). The predicted octanol–water partition coefficient (Wildman–Crippen LogP) is 0.0511. The van der Waals surface area contributed by atoms with Crippen LogP contribution >= 0.6 is 0 Å². The highest BCUT2D eigenvalue weighted by molar-refractivity contribution is 4.66. The lowest BCUT2D eigenvalue weighted by Gasteiger charge is -1.91. The van der Waals surface area contributed by atoms with Crippen molar-refractivity contribution in [1.29, 1.82) is 5.26 Å². The van der Waals surface area contributed by atoms with Gasteiger partial charge in [0.05, 0.1) is 19.1 Å². The highest BCUT2D eigenvalue weighted by atomic mass is 16.8. The van der Waals surface area contributed by atoms with Gasteiger partial charge in [-0.1, -0.05) is 0 Å². The van der Waals surface area contributed by atoms with Crippen molar-refractivity contribution >= 4 is 0 Å². The van der Waals surface area contributed by atoms with Gasteiger partial charge in [-0.15, -0.1) is 0 Å². The second-order valence-corrected chi connectivity index (χ2v) is 0.961. The van der Waals surface area contributed by atoms with E-state index in [9.17, 15) is 0 Å². The summed E-state index contributed by atoms with van der Waals surface area (Å²) in [6.07, 6.45) is 0.445. The third-order valence-electron chi connectivity index (χ3n) is 0.460. The van der Waals surface area contributed by atoms with E-state index >= 15 is 0 Å². The minimum atomic E-state index is 0.445. The molecule has 3 heteroatoms. The molecule has 1 N–H and O–H groups in total. The number of hydrogen-bond donors (Lipinski definition) is 1. The van der Waals surface area contributed by atoms with Gasteiger partial charge in [0.2, 0.25) is 0 Å². The van der Waals surface area contributed by atoms with Crippen LogP contribution < -0.4 is 5.48 Å². The summed E-state index contributed by atoms with van der Waals surface area (Å²) in [6, 6.07) is 1.94. The lowest BCUT2D eigenvalue weighted by molar-refractivity contribution is 0.0623. The van der Waals surface area contributed by atoms with Crippen molar-refractivity contribution in [2.75, 3.05) is 13.7 Å². The first-order valence-corrected chi connectivity index (χ1v) is 2.07. The summed E-state index contributed by atoms with van der Waals surface area (Å²) in [7, 11) is 1.66. The summed E-state index contributed by atoms with van der Waals surface area (Å²) < 4.78 is 0. The Labute approximate surface area is 42.8 Å². The maximum absolute atomic E-state index is 7.94. The van der Waals surface area contributed by atoms with Crippen LogP contribution in [-0.4, -0.2) is 13.7 Å². The van der Waals surface area contributed by atoms with E-state index in [0.29, 0.717) is 13.0 Å². The molecule has 7 heavy (non-hydrogen) atoms. The van der Waals surface area contributed by atoms with E-state index in [1.165, 1.54) is 0 Å². The quantitative estimate of drug-likeness (QED) is 0.310. The summed E-state index contributed by atoms with van der Waals surface area (Å²) >= 11 is 0. The standard InChI is InChI=1S/C4H8N2O/c1-6-7-4-2-3-5/h6H,2,4H2,1H3/i6+1. The van der Waals surface area contributed by atoms with Gasteiger partial charge in [0, 0.05) is 7.05 Å². The molecular formula is C4H8N2O. The fraction of sp³-hybridized carbons (Fsp3) is 0.750. The van der Waals surface area contributed by atoms with Crippen molar-refractivity contribution in [1.82, 2.24) is 5.48 Å². The van der Waals surface area contributed by atoms with Crippen molar-refractivity contribution in [3.63, 3.8) is 0 Å². The van der Waals surface area contributed by atoms with Crippen molar-refractivity contribution in [3.05, 3.63) is 0 Å². The molecular weight excluding hydrogens is 93.1 g/mol. The Kier molecular flexibility index (Phi) is 4.95. The summed E-state index contributed by atoms with van der Waals surface area (Å²) in [5.74, 6) is 0.